The summed E-state index contributed by atoms with van der Waals surface area (Å²) in [5.74, 6) is 0.988. The van der Waals surface area contributed by atoms with Crippen LogP contribution in [0, 0.1) is 0 Å². The van der Waals surface area contributed by atoms with Crippen LogP contribution in [0.25, 0.3) is 0 Å². The lowest BCUT2D eigenvalue weighted by atomic mass is 9.92. The fraction of sp³-hybridized carbons (Fsp3) is 0.517. The Labute approximate surface area is 215 Å². The number of fused-ring (bicyclic) bond motifs is 3. The van der Waals surface area contributed by atoms with Gasteiger partial charge in [-0.2, -0.15) is 0 Å². The van der Waals surface area contributed by atoms with Crippen LogP contribution in [-0.4, -0.2) is 67.6 Å². The molecule has 7 nitrogen and oxygen atoms in total. The number of piperidine rings is 1. The second-order valence-corrected chi connectivity index (χ2v) is 9.81. The Hall–Kier alpha value is -2.90. The Morgan fingerprint density at radius 1 is 0.972 bits per heavy atom. The Bertz CT molecular complexity index is 1040. The van der Waals surface area contributed by atoms with Gasteiger partial charge in [-0.05, 0) is 55.0 Å². The predicted molar refractivity (Wildman–Crippen MR) is 141 cm³/mol. The van der Waals surface area contributed by atoms with Gasteiger partial charge in [0.2, 0.25) is 11.8 Å². The van der Waals surface area contributed by atoms with E-state index in [9.17, 15) is 9.59 Å². The van der Waals surface area contributed by atoms with Gasteiger partial charge in [-0.25, -0.2) is 0 Å². The summed E-state index contributed by atoms with van der Waals surface area (Å²) in [5.41, 5.74) is 3.27. The molecule has 7 heteroatoms. The number of amides is 2. The fourth-order valence-electron chi connectivity index (χ4n) is 5.74. The average Bonchev–Trinajstić information content (AvgIpc) is 2.90. The predicted octanol–water partition coefficient (Wildman–Crippen LogP) is 4.24. The first-order valence-corrected chi connectivity index (χ1v) is 13.1. The molecule has 2 aliphatic rings. The van der Waals surface area contributed by atoms with Crippen molar-refractivity contribution in [3.8, 4) is 5.75 Å². The Kier molecular flexibility index (Phi) is 8.99. The average molecular weight is 494 g/mol. The van der Waals surface area contributed by atoms with Crippen molar-refractivity contribution in [2.75, 3.05) is 38.8 Å². The van der Waals surface area contributed by atoms with E-state index < -0.39 is 0 Å². The molecule has 2 heterocycles. The van der Waals surface area contributed by atoms with E-state index in [1.807, 2.05) is 36.1 Å². The van der Waals surface area contributed by atoms with Gasteiger partial charge in [-0.1, -0.05) is 37.3 Å². The maximum Gasteiger partial charge on any atom is 0.249 e. The molecule has 0 saturated carbocycles. The van der Waals surface area contributed by atoms with Crippen LogP contribution < -0.4 is 9.64 Å². The van der Waals surface area contributed by atoms with Crippen LogP contribution in [0.15, 0.2) is 48.5 Å². The molecule has 194 valence electrons. The normalized spacial score (nSPS) is 20.9. The van der Waals surface area contributed by atoms with E-state index in [-0.39, 0.29) is 30.5 Å². The lowest BCUT2D eigenvalue weighted by molar-refractivity contribution is -0.143. The molecule has 2 aromatic rings. The van der Waals surface area contributed by atoms with Crippen molar-refractivity contribution in [1.82, 2.24) is 9.80 Å². The van der Waals surface area contributed by atoms with Crippen LogP contribution in [0.2, 0.25) is 0 Å². The molecular formula is C29H39N3O4. The third-order valence-corrected chi connectivity index (χ3v) is 7.39. The van der Waals surface area contributed by atoms with E-state index in [0.717, 1.165) is 61.3 Å². The van der Waals surface area contributed by atoms with Crippen molar-refractivity contribution in [2.24, 2.45) is 0 Å². The highest BCUT2D eigenvalue weighted by Gasteiger charge is 2.36. The monoisotopic (exact) mass is 493 g/mol. The van der Waals surface area contributed by atoms with Crippen molar-refractivity contribution in [2.45, 2.75) is 64.2 Å². The fourth-order valence-corrected chi connectivity index (χ4v) is 5.74. The first-order chi connectivity index (χ1) is 17.5. The third-order valence-electron chi connectivity index (χ3n) is 7.39. The second kappa shape index (κ2) is 12.4. The number of para-hydroxylation sites is 1. The first-order valence-electron chi connectivity index (χ1n) is 13.1. The smallest absolute Gasteiger partial charge is 0.249 e. The van der Waals surface area contributed by atoms with E-state index in [0.29, 0.717) is 19.5 Å². The molecule has 2 aromatic carbocycles. The molecule has 4 rings (SSSR count). The van der Waals surface area contributed by atoms with Crippen LogP contribution in [0.5, 0.6) is 5.75 Å². The van der Waals surface area contributed by atoms with E-state index in [4.69, 9.17) is 9.47 Å². The van der Waals surface area contributed by atoms with Gasteiger partial charge in [-0.15, -0.1) is 0 Å². The number of carbonyl (C=O) groups is 2. The standard InChI is InChI=1S/C29H39N3O4/c1-4-28(33)31-16-15-24-11-8-12-25(32(24)29(34)21-35-2)20-30(19-23-10-5-6-14-27(23)31)18-22-9-7-13-26(17-22)36-3/h5-7,9-10,13-14,17,24-25H,4,8,11-12,15-16,18-21H2,1-3H3. The van der Waals surface area contributed by atoms with Gasteiger partial charge >= 0.3 is 0 Å². The van der Waals surface area contributed by atoms with Crippen LogP contribution in [0.4, 0.5) is 5.69 Å². The number of hydrogen-bond acceptors (Lipinski definition) is 5. The molecule has 2 atom stereocenters. The molecule has 0 aliphatic carbocycles. The summed E-state index contributed by atoms with van der Waals surface area (Å²) in [6, 6.07) is 16.6. The number of nitrogens with zero attached hydrogens (tertiary/aromatic N) is 3. The van der Waals surface area contributed by atoms with Gasteiger partial charge in [-0.3, -0.25) is 14.5 Å². The first kappa shape index (κ1) is 26.2. The zero-order valence-corrected chi connectivity index (χ0v) is 21.8. The van der Waals surface area contributed by atoms with Crippen molar-refractivity contribution < 1.29 is 19.1 Å². The highest BCUT2D eigenvalue weighted by molar-refractivity contribution is 5.94. The molecule has 0 radical (unpaired) electrons. The molecule has 36 heavy (non-hydrogen) atoms. The van der Waals surface area contributed by atoms with E-state index in [2.05, 4.69) is 34.1 Å². The summed E-state index contributed by atoms with van der Waals surface area (Å²) in [7, 11) is 3.26. The Balaban J connectivity index is 1.74. The molecular weight excluding hydrogens is 454 g/mol. The van der Waals surface area contributed by atoms with Crippen LogP contribution in [0.1, 0.15) is 50.2 Å². The van der Waals surface area contributed by atoms with E-state index >= 15 is 0 Å². The molecule has 1 fully saturated rings. The van der Waals surface area contributed by atoms with Crippen LogP contribution in [0.3, 0.4) is 0 Å². The minimum Gasteiger partial charge on any atom is -0.497 e. The number of hydrogen-bond donors (Lipinski definition) is 0. The maximum absolute atomic E-state index is 13.3. The van der Waals surface area contributed by atoms with Crippen molar-refractivity contribution in [3.63, 3.8) is 0 Å². The topological polar surface area (TPSA) is 62.3 Å². The van der Waals surface area contributed by atoms with Crippen LogP contribution in [-0.2, 0) is 27.4 Å². The molecule has 0 spiro atoms. The number of ether oxygens (including phenoxy) is 2. The maximum atomic E-state index is 13.3. The van der Waals surface area contributed by atoms with E-state index in [1.54, 1.807) is 14.2 Å². The lowest BCUT2D eigenvalue weighted by Crippen LogP contribution is -2.55. The van der Waals surface area contributed by atoms with Gasteiger partial charge in [0.1, 0.15) is 12.4 Å². The summed E-state index contributed by atoms with van der Waals surface area (Å²) in [6.07, 6.45) is 4.22. The summed E-state index contributed by atoms with van der Waals surface area (Å²) < 4.78 is 10.7. The van der Waals surface area contributed by atoms with Crippen LogP contribution >= 0.6 is 0 Å². The Morgan fingerprint density at radius 3 is 2.56 bits per heavy atom. The lowest BCUT2D eigenvalue weighted by Gasteiger charge is -2.44. The van der Waals surface area contributed by atoms with Crippen molar-refractivity contribution >= 4 is 17.5 Å². The molecule has 2 aliphatic heterocycles. The largest absolute Gasteiger partial charge is 0.497 e. The molecule has 1 saturated heterocycles. The van der Waals surface area contributed by atoms with Crippen molar-refractivity contribution in [1.29, 1.82) is 0 Å². The number of rotatable bonds is 6. The Morgan fingerprint density at radius 2 is 1.78 bits per heavy atom. The number of methoxy groups -OCH3 is 2. The zero-order valence-electron chi connectivity index (χ0n) is 21.8. The number of carbonyl (C=O) groups excluding carboxylic acids is 2. The minimum atomic E-state index is 0.0404. The van der Waals surface area contributed by atoms with Gasteiger partial charge in [0, 0.05) is 57.5 Å². The van der Waals surface area contributed by atoms with Gasteiger partial charge < -0.3 is 19.3 Å². The highest BCUT2D eigenvalue weighted by atomic mass is 16.5. The summed E-state index contributed by atoms with van der Waals surface area (Å²) in [6.45, 7) is 4.78. The molecule has 2 unspecified atom stereocenters. The number of benzene rings is 2. The second-order valence-electron chi connectivity index (χ2n) is 9.81. The summed E-state index contributed by atoms with van der Waals surface area (Å²) in [5, 5.41) is 0. The molecule has 2 bridgehead atoms. The number of anilines is 1. The third kappa shape index (κ3) is 6.08. The molecule has 2 amide bonds. The van der Waals surface area contributed by atoms with Gasteiger partial charge in [0.05, 0.1) is 7.11 Å². The van der Waals surface area contributed by atoms with Gasteiger partial charge in [0.25, 0.3) is 0 Å². The van der Waals surface area contributed by atoms with Crippen molar-refractivity contribution in [3.05, 3.63) is 59.7 Å². The minimum absolute atomic E-state index is 0.0404. The zero-order chi connectivity index (χ0) is 25.5. The SMILES string of the molecule is CCC(=O)N1CCC2CCCC(CN(Cc3cccc(OC)c3)Cc3ccccc31)N2C(=O)COC. The summed E-state index contributed by atoms with van der Waals surface area (Å²) >= 11 is 0. The molecule has 0 N–H and O–H groups in total. The highest BCUT2D eigenvalue weighted by Crippen LogP contribution is 2.31. The van der Waals surface area contributed by atoms with Gasteiger partial charge in [0.15, 0.2) is 0 Å². The quantitative estimate of drug-likeness (QED) is 0.602. The summed E-state index contributed by atoms with van der Waals surface area (Å²) in [4.78, 5) is 32.8. The molecule has 0 aromatic heterocycles. The van der Waals surface area contributed by atoms with E-state index in [1.165, 1.54) is 0 Å².